The number of piperidine rings is 1. The van der Waals surface area contributed by atoms with E-state index < -0.39 is 27.6 Å². The van der Waals surface area contributed by atoms with E-state index in [0.29, 0.717) is 37.2 Å². The lowest BCUT2D eigenvalue weighted by atomic mass is 10.1. The van der Waals surface area contributed by atoms with E-state index in [-0.39, 0.29) is 24.8 Å². The summed E-state index contributed by atoms with van der Waals surface area (Å²) >= 11 is 0. The first-order valence-electron chi connectivity index (χ1n) is 10.3. The summed E-state index contributed by atoms with van der Waals surface area (Å²) in [6.45, 7) is 3.42. The molecule has 1 aromatic heterocycles. The fraction of sp³-hybridized carbons (Fsp3) is 0.364. The average molecular weight is 499 g/mol. The second-order valence-corrected chi connectivity index (χ2v) is 9.92. The predicted octanol–water partition coefficient (Wildman–Crippen LogP) is 4.49. The van der Waals surface area contributed by atoms with Gasteiger partial charge in [0.25, 0.3) is 5.89 Å². The minimum absolute atomic E-state index is 0. The van der Waals surface area contributed by atoms with Crippen LogP contribution in [0.1, 0.15) is 36.3 Å². The van der Waals surface area contributed by atoms with Gasteiger partial charge in [0.05, 0.1) is 17.5 Å². The molecule has 4 rings (SSSR count). The molecule has 0 unspecified atom stereocenters. The van der Waals surface area contributed by atoms with Crippen molar-refractivity contribution < 1.29 is 21.6 Å². The highest BCUT2D eigenvalue weighted by molar-refractivity contribution is 7.93. The van der Waals surface area contributed by atoms with Gasteiger partial charge in [0.15, 0.2) is 0 Å². The number of aryl methyl sites for hydroxylation is 1. The highest BCUT2D eigenvalue weighted by Crippen LogP contribution is 2.29. The van der Waals surface area contributed by atoms with Crippen LogP contribution in [0.15, 0.2) is 52.9 Å². The fourth-order valence-electron chi connectivity index (χ4n) is 3.74. The van der Waals surface area contributed by atoms with Crippen molar-refractivity contribution in [3.8, 4) is 11.5 Å². The van der Waals surface area contributed by atoms with Crippen LogP contribution in [0.4, 0.5) is 14.5 Å². The van der Waals surface area contributed by atoms with Crippen molar-refractivity contribution in [2.75, 3.05) is 17.4 Å². The number of sulfonamides is 1. The quantitative estimate of drug-likeness (QED) is 0.516. The Bertz CT molecular complexity index is 1170. The molecule has 2 aromatic carbocycles. The number of nitrogens with zero attached hydrogens (tertiary/aromatic N) is 3. The zero-order valence-electron chi connectivity index (χ0n) is 17.9. The lowest BCUT2D eigenvalue weighted by Crippen LogP contribution is -2.43. The van der Waals surface area contributed by atoms with Gasteiger partial charge in [-0.15, -0.1) is 22.6 Å². The summed E-state index contributed by atoms with van der Waals surface area (Å²) < 4.78 is 58.9. The van der Waals surface area contributed by atoms with Crippen molar-refractivity contribution in [3.05, 3.63) is 65.5 Å². The van der Waals surface area contributed by atoms with Gasteiger partial charge in [-0.05, 0) is 68.2 Å². The molecule has 7 nitrogen and oxygen atoms in total. The van der Waals surface area contributed by atoms with Crippen LogP contribution in [0.2, 0.25) is 0 Å². The first-order valence-corrected chi connectivity index (χ1v) is 11.8. The number of aromatic nitrogens is 2. The molecule has 0 saturated carbocycles. The largest absolute Gasteiger partial charge is 0.415 e. The van der Waals surface area contributed by atoms with Crippen molar-refractivity contribution in [1.82, 2.24) is 15.5 Å². The first-order chi connectivity index (χ1) is 15.3. The van der Waals surface area contributed by atoms with Crippen molar-refractivity contribution in [1.29, 1.82) is 0 Å². The van der Waals surface area contributed by atoms with Crippen LogP contribution in [0, 0.1) is 6.92 Å². The molecule has 0 amide bonds. The molecule has 1 N–H and O–H groups in total. The van der Waals surface area contributed by atoms with Crippen LogP contribution < -0.4 is 9.62 Å². The molecule has 178 valence electrons. The summed E-state index contributed by atoms with van der Waals surface area (Å²) in [7, 11) is -3.59. The molecule has 1 saturated heterocycles. The smallest absolute Gasteiger partial charge is 0.314 e. The zero-order chi connectivity index (χ0) is 22.7. The van der Waals surface area contributed by atoms with Crippen LogP contribution in [-0.2, 0) is 16.6 Å². The molecule has 0 atom stereocenters. The minimum atomic E-state index is -3.59. The second kappa shape index (κ2) is 10.6. The van der Waals surface area contributed by atoms with Crippen LogP contribution in [0.25, 0.3) is 11.5 Å². The summed E-state index contributed by atoms with van der Waals surface area (Å²) in [6.07, 6.45) is -1.71. The van der Waals surface area contributed by atoms with E-state index in [1.165, 1.54) is 4.31 Å². The highest BCUT2D eigenvalue weighted by Gasteiger charge is 2.33. The van der Waals surface area contributed by atoms with Crippen LogP contribution in [0.3, 0.4) is 0 Å². The van der Waals surface area contributed by atoms with Crippen molar-refractivity contribution >= 4 is 28.1 Å². The zero-order valence-corrected chi connectivity index (χ0v) is 19.6. The van der Waals surface area contributed by atoms with Gasteiger partial charge in [0, 0.05) is 5.56 Å². The first kappa shape index (κ1) is 25.1. The number of hydrogen-bond acceptors (Lipinski definition) is 6. The van der Waals surface area contributed by atoms with E-state index in [4.69, 9.17) is 4.42 Å². The number of anilines is 1. The number of alkyl halides is 2. The predicted molar refractivity (Wildman–Crippen MR) is 124 cm³/mol. The number of hydrogen-bond donors (Lipinski definition) is 1. The van der Waals surface area contributed by atoms with E-state index in [0.717, 1.165) is 11.1 Å². The third kappa shape index (κ3) is 5.69. The Balaban J connectivity index is 0.00000306. The summed E-state index contributed by atoms with van der Waals surface area (Å²) in [6, 6.07) is 14.2. The molecule has 1 fully saturated rings. The standard InChI is InChI=1S/C22H24F2N4O3S.ClH/c1-15-3-2-4-18(13-15)28(32(29,30)19-9-11-25-12-10-19)14-16-5-7-17(8-6-16)21-26-27-22(31-21)20(23)24;/h2-8,13,19-20,25H,9-12,14H2,1H3;1H. The van der Waals surface area contributed by atoms with Gasteiger partial charge in [-0.25, -0.2) is 8.42 Å². The van der Waals surface area contributed by atoms with Crippen LogP contribution in [-0.4, -0.2) is 37.0 Å². The summed E-state index contributed by atoms with van der Waals surface area (Å²) in [4.78, 5) is 0. The minimum Gasteiger partial charge on any atom is -0.415 e. The molecular formula is C22H25ClF2N4O3S. The van der Waals surface area contributed by atoms with Crippen LogP contribution >= 0.6 is 12.4 Å². The average Bonchev–Trinajstić information content (AvgIpc) is 3.29. The molecule has 3 aromatic rings. The molecule has 33 heavy (non-hydrogen) atoms. The second-order valence-electron chi connectivity index (χ2n) is 7.78. The van der Waals surface area contributed by atoms with Gasteiger partial charge in [0.2, 0.25) is 15.9 Å². The third-order valence-electron chi connectivity index (χ3n) is 5.46. The maximum Gasteiger partial charge on any atom is 0.314 e. The monoisotopic (exact) mass is 498 g/mol. The Kier molecular flexibility index (Phi) is 8.04. The normalized spacial score (nSPS) is 14.8. The molecule has 0 aliphatic carbocycles. The molecule has 0 radical (unpaired) electrons. The van der Waals surface area contributed by atoms with Gasteiger partial charge in [-0.2, -0.15) is 8.78 Å². The van der Waals surface area contributed by atoms with E-state index >= 15 is 0 Å². The van der Waals surface area contributed by atoms with E-state index in [9.17, 15) is 17.2 Å². The Morgan fingerprint density at radius 1 is 1.12 bits per heavy atom. The van der Waals surface area contributed by atoms with Crippen molar-refractivity contribution in [3.63, 3.8) is 0 Å². The molecule has 2 heterocycles. The Hall–Kier alpha value is -2.56. The number of benzene rings is 2. The molecule has 11 heteroatoms. The summed E-state index contributed by atoms with van der Waals surface area (Å²) in [5.74, 6) is -0.743. The van der Waals surface area contributed by atoms with E-state index in [1.807, 2.05) is 25.1 Å². The van der Waals surface area contributed by atoms with E-state index in [2.05, 4.69) is 15.5 Å². The summed E-state index contributed by atoms with van der Waals surface area (Å²) in [5, 5.41) is 9.74. The number of halogens is 3. The SMILES string of the molecule is Cc1cccc(N(Cc2ccc(-c3nnc(C(F)F)o3)cc2)S(=O)(=O)C2CCNCC2)c1.Cl. The lowest BCUT2D eigenvalue weighted by molar-refractivity contribution is 0.116. The van der Waals surface area contributed by atoms with E-state index in [1.54, 1.807) is 30.3 Å². The fourth-order valence-corrected chi connectivity index (χ4v) is 5.67. The topological polar surface area (TPSA) is 88.3 Å². The van der Waals surface area contributed by atoms with Gasteiger partial charge in [0.1, 0.15) is 0 Å². The highest BCUT2D eigenvalue weighted by atomic mass is 35.5. The molecule has 0 bridgehead atoms. The van der Waals surface area contributed by atoms with Gasteiger partial charge < -0.3 is 9.73 Å². The molecule has 1 aliphatic rings. The van der Waals surface area contributed by atoms with Gasteiger partial charge in [-0.1, -0.05) is 24.3 Å². The number of rotatable bonds is 7. The maximum atomic E-state index is 13.6. The number of nitrogens with one attached hydrogen (secondary N) is 1. The van der Waals surface area contributed by atoms with Gasteiger partial charge in [-0.3, -0.25) is 4.31 Å². The van der Waals surface area contributed by atoms with Gasteiger partial charge >= 0.3 is 6.43 Å². The summed E-state index contributed by atoms with van der Waals surface area (Å²) in [5.41, 5.74) is 2.82. The molecule has 1 aliphatic heterocycles. The Morgan fingerprint density at radius 2 is 1.82 bits per heavy atom. The Morgan fingerprint density at radius 3 is 2.42 bits per heavy atom. The van der Waals surface area contributed by atoms with Crippen molar-refractivity contribution in [2.24, 2.45) is 0 Å². The Labute approximate surface area is 197 Å². The van der Waals surface area contributed by atoms with Crippen molar-refractivity contribution in [2.45, 2.75) is 38.0 Å². The lowest BCUT2D eigenvalue weighted by Gasteiger charge is -2.31. The molecular weight excluding hydrogens is 474 g/mol. The third-order valence-corrected chi connectivity index (χ3v) is 7.73. The molecule has 0 spiro atoms. The maximum absolute atomic E-state index is 13.6. The van der Waals surface area contributed by atoms with Crippen LogP contribution in [0.5, 0.6) is 0 Å².